The molecule has 0 radical (unpaired) electrons. The highest BCUT2D eigenvalue weighted by molar-refractivity contribution is 7.89. The zero-order chi connectivity index (χ0) is 20.8. The van der Waals surface area contributed by atoms with E-state index in [4.69, 9.17) is 0 Å². The lowest BCUT2D eigenvalue weighted by atomic mass is 9.70. The van der Waals surface area contributed by atoms with Gasteiger partial charge in [-0.2, -0.15) is 4.31 Å². The van der Waals surface area contributed by atoms with Gasteiger partial charge in [-0.25, -0.2) is 12.8 Å². The van der Waals surface area contributed by atoms with E-state index in [0.717, 1.165) is 56.4 Å². The Morgan fingerprint density at radius 2 is 1.60 bits per heavy atom. The van der Waals surface area contributed by atoms with Crippen molar-refractivity contribution < 1.29 is 12.8 Å². The molecular formula is C24H29FN2O2S. The van der Waals surface area contributed by atoms with Crippen molar-refractivity contribution in [3.8, 4) is 0 Å². The van der Waals surface area contributed by atoms with Crippen LogP contribution in [0, 0.1) is 11.2 Å². The summed E-state index contributed by atoms with van der Waals surface area (Å²) in [5.74, 6) is -0.104. The molecule has 3 fully saturated rings. The fourth-order valence-corrected chi connectivity index (χ4v) is 7.42. The molecule has 1 atom stereocenters. The molecule has 30 heavy (non-hydrogen) atoms. The van der Waals surface area contributed by atoms with Crippen LogP contribution in [0.1, 0.15) is 48.4 Å². The van der Waals surface area contributed by atoms with E-state index >= 15 is 0 Å². The lowest BCUT2D eigenvalue weighted by Crippen LogP contribution is -2.49. The standard InChI is InChI=1S/C24H29FN2O2S/c25-21-7-5-20(6-8-21)23-22-4-2-1-3-19(22)9-14-27(23)30(28,29)18-13-24-10-15-26(16-11-24)17-12-24/h1-8,23H,9-18H2/t23-/m0/s1. The van der Waals surface area contributed by atoms with Gasteiger partial charge in [-0.1, -0.05) is 36.4 Å². The van der Waals surface area contributed by atoms with Crippen molar-refractivity contribution >= 4 is 10.0 Å². The summed E-state index contributed by atoms with van der Waals surface area (Å²) in [6.07, 6.45) is 4.82. The van der Waals surface area contributed by atoms with Crippen molar-refractivity contribution in [2.24, 2.45) is 5.41 Å². The zero-order valence-electron chi connectivity index (χ0n) is 17.3. The van der Waals surface area contributed by atoms with Gasteiger partial charge in [0.25, 0.3) is 0 Å². The Bertz CT molecular complexity index is 1000. The molecule has 4 nitrogen and oxygen atoms in total. The number of hydrogen-bond donors (Lipinski definition) is 0. The molecule has 0 amide bonds. The van der Waals surface area contributed by atoms with Gasteiger partial charge in [0.2, 0.25) is 10.0 Å². The summed E-state index contributed by atoms with van der Waals surface area (Å²) in [4.78, 5) is 2.49. The van der Waals surface area contributed by atoms with Gasteiger partial charge in [-0.15, -0.1) is 0 Å². The van der Waals surface area contributed by atoms with E-state index < -0.39 is 10.0 Å². The molecule has 6 heteroatoms. The van der Waals surface area contributed by atoms with Gasteiger partial charge in [0.05, 0.1) is 11.8 Å². The number of rotatable bonds is 5. The van der Waals surface area contributed by atoms with Crippen LogP contribution in [-0.2, 0) is 16.4 Å². The van der Waals surface area contributed by atoms with Crippen LogP contribution in [0.15, 0.2) is 48.5 Å². The van der Waals surface area contributed by atoms with Crippen LogP contribution < -0.4 is 0 Å². The summed E-state index contributed by atoms with van der Waals surface area (Å²) in [5.41, 5.74) is 3.22. The third-order valence-corrected chi connectivity index (χ3v) is 9.38. The first-order valence-electron chi connectivity index (χ1n) is 11.0. The molecule has 0 aromatic heterocycles. The quantitative estimate of drug-likeness (QED) is 0.723. The smallest absolute Gasteiger partial charge is 0.215 e. The first-order valence-corrected chi connectivity index (χ1v) is 12.6. The number of piperidine rings is 3. The molecule has 4 aliphatic rings. The molecule has 6 rings (SSSR count). The summed E-state index contributed by atoms with van der Waals surface area (Å²) >= 11 is 0. The zero-order valence-corrected chi connectivity index (χ0v) is 18.1. The average molecular weight is 429 g/mol. The van der Waals surface area contributed by atoms with Gasteiger partial charge in [0.1, 0.15) is 5.82 Å². The predicted molar refractivity (Wildman–Crippen MR) is 116 cm³/mol. The highest BCUT2D eigenvalue weighted by Crippen LogP contribution is 2.44. The Hall–Kier alpha value is -1.76. The number of benzene rings is 2. The molecule has 4 aliphatic heterocycles. The van der Waals surface area contributed by atoms with E-state index in [9.17, 15) is 12.8 Å². The molecule has 0 saturated carbocycles. The summed E-state index contributed by atoms with van der Waals surface area (Å²) in [7, 11) is -3.44. The molecule has 4 heterocycles. The fourth-order valence-electron chi connectivity index (χ4n) is 5.57. The second-order valence-electron chi connectivity index (χ2n) is 9.17. The summed E-state index contributed by atoms with van der Waals surface area (Å²) in [6.45, 7) is 3.79. The Kier molecular flexibility index (Phi) is 5.20. The van der Waals surface area contributed by atoms with Crippen LogP contribution >= 0.6 is 0 Å². The SMILES string of the molecule is O=S(=O)(CCC12CCN(CC1)CC2)N1CCc2ccccc2[C@@H]1c1ccc(F)cc1. The van der Waals surface area contributed by atoms with Crippen LogP contribution in [0.3, 0.4) is 0 Å². The third kappa shape index (κ3) is 3.70. The molecule has 2 bridgehead atoms. The second kappa shape index (κ2) is 7.74. The van der Waals surface area contributed by atoms with E-state index in [0.29, 0.717) is 13.0 Å². The predicted octanol–water partition coefficient (Wildman–Crippen LogP) is 3.98. The molecule has 0 unspecified atom stereocenters. The monoisotopic (exact) mass is 428 g/mol. The molecule has 2 aromatic rings. The molecule has 0 spiro atoms. The Labute approximate surface area is 178 Å². The van der Waals surface area contributed by atoms with Gasteiger partial charge in [0.15, 0.2) is 0 Å². The molecular weight excluding hydrogens is 399 g/mol. The normalized spacial score (nSPS) is 29.0. The number of nitrogens with zero attached hydrogens (tertiary/aromatic N) is 2. The van der Waals surface area contributed by atoms with Gasteiger partial charge < -0.3 is 4.90 Å². The fraction of sp³-hybridized carbons (Fsp3) is 0.500. The summed E-state index contributed by atoms with van der Waals surface area (Å²) in [5, 5.41) is 0. The Morgan fingerprint density at radius 1 is 0.933 bits per heavy atom. The van der Waals surface area contributed by atoms with Crippen LogP contribution in [0.5, 0.6) is 0 Å². The van der Waals surface area contributed by atoms with Gasteiger partial charge in [0, 0.05) is 6.54 Å². The number of halogens is 1. The largest absolute Gasteiger partial charge is 0.303 e. The minimum atomic E-state index is -3.44. The molecule has 0 aliphatic carbocycles. The van der Waals surface area contributed by atoms with Crippen molar-refractivity contribution in [3.05, 3.63) is 71.0 Å². The Morgan fingerprint density at radius 3 is 2.30 bits per heavy atom. The van der Waals surface area contributed by atoms with Gasteiger partial charge >= 0.3 is 0 Å². The molecule has 160 valence electrons. The van der Waals surface area contributed by atoms with Crippen LogP contribution in [-0.4, -0.2) is 49.6 Å². The third-order valence-electron chi connectivity index (χ3n) is 7.55. The summed E-state index contributed by atoms with van der Waals surface area (Å²) in [6, 6.07) is 14.0. The lowest BCUT2D eigenvalue weighted by Gasteiger charge is -2.49. The van der Waals surface area contributed by atoms with E-state index in [2.05, 4.69) is 11.0 Å². The van der Waals surface area contributed by atoms with E-state index in [1.165, 1.54) is 17.7 Å². The lowest BCUT2D eigenvalue weighted by molar-refractivity contribution is 0.0239. The molecule has 3 saturated heterocycles. The minimum absolute atomic E-state index is 0.195. The minimum Gasteiger partial charge on any atom is -0.303 e. The van der Waals surface area contributed by atoms with Crippen molar-refractivity contribution in [1.82, 2.24) is 9.21 Å². The van der Waals surface area contributed by atoms with Crippen molar-refractivity contribution in [3.63, 3.8) is 0 Å². The van der Waals surface area contributed by atoms with E-state index in [1.54, 1.807) is 16.4 Å². The van der Waals surface area contributed by atoms with Crippen molar-refractivity contribution in [1.29, 1.82) is 0 Å². The van der Waals surface area contributed by atoms with Gasteiger partial charge in [-0.3, -0.25) is 0 Å². The first kappa shape index (κ1) is 20.2. The van der Waals surface area contributed by atoms with E-state index in [1.807, 2.05) is 18.2 Å². The van der Waals surface area contributed by atoms with Crippen LogP contribution in [0.4, 0.5) is 4.39 Å². The maximum Gasteiger partial charge on any atom is 0.215 e. The van der Waals surface area contributed by atoms with Crippen molar-refractivity contribution in [2.75, 3.05) is 31.9 Å². The highest BCUT2D eigenvalue weighted by Gasteiger charge is 2.42. The maximum absolute atomic E-state index is 13.6. The molecule has 0 N–H and O–H groups in total. The van der Waals surface area contributed by atoms with Crippen LogP contribution in [0.25, 0.3) is 0 Å². The average Bonchev–Trinajstić information content (AvgIpc) is 2.79. The van der Waals surface area contributed by atoms with E-state index in [-0.39, 0.29) is 23.0 Å². The molecule has 2 aromatic carbocycles. The first-order chi connectivity index (χ1) is 14.5. The summed E-state index contributed by atoms with van der Waals surface area (Å²) < 4.78 is 42.4. The van der Waals surface area contributed by atoms with Crippen molar-refractivity contribution in [2.45, 2.75) is 38.1 Å². The van der Waals surface area contributed by atoms with Gasteiger partial charge in [-0.05, 0) is 86.0 Å². The number of hydrogen-bond acceptors (Lipinski definition) is 3. The Balaban J connectivity index is 1.44. The second-order valence-corrected chi connectivity index (χ2v) is 11.2. The highest BCUT2D eigenvalue weighted by atomic mass is 32.2. The van der Waals surface area contributed by atoms with Crippen LogP contribution in [0.2, 0.25) is 0 Å². The number of sulfonamides is 1. The number of fused-ring (bicyclic) bond motifs is 4. The maximum atomic E-state index is 13.6. The topological polar surface area (TPSA) is 40.6 Å².